The molecule has 2 rings (SSSR count). The maximum atomic E-state index is 12.3. The molecule has 24 heavy (non-hydrogen) atoms. The minimum absolute atomic E-state index is 0.0821. The number of rotatable bonds is 7. The van der Waals surface area contributed by atoms with Gasteiger partial charge in [-0.25, -0.2) is 0 Å². The molecular formula is C17H22N4O2S. The Morgan fingerprint density at radius 1 is 1.12 bits per heavy atom. The summed E-state index contributed by atoms with van der Waals surface area (Å²) in [5.74, 6) is 0.0934. The lowest BCUT2D eigenvalue weighted by molar-refractivity contribution is -0.119. The molecule has 0 bridgehead atoms. The van der Waals surface area contributed by atoms with Gasteiger partial charge in [0.2, 0.25) is 11.0 Å². The van der Waals surface area contributed by atoms with E-state index < -0.39 is 0 Å². The van der Waals surface area contributed by atoms with Crippen LogP contribution < -0.4 is 10.6 Å². The fraction of sp³-hybridized carbons (Fsp3) is 0.412. The summed E-state index contributed by atoms with van der Waals surface area (Å²) in [5.41, 5.74) is 1.48. The Labute approximate surface area is 145 Å². The van der Waals surface area contributed by atoms with Gasteiger partial charge in [-0.05, 0) is 30.5 Å². The second-order valence-corrected chi connectivity index (χ2v) is 6.53. The largest absolute Gasteiger partial charge is 0.352 e. The van der Waals surface area contributed by atoms with E-state index in [0.717, 1.165) is 23.4 Å². The van der Waals surface area contributed by atoms with Crippen molar-refractivity contribution in [3.05, 3.63) is 40.4 Å². The fourth-order valence-electron chi connectivity index (χ4n) is 2.26. The van der Waals surface area contributed by atoms with E-state index in [-0.39, 0.29) is 11.8 Å². The van der Waals surface area contributed by atoms with Crippen molar-refractivity contribution in [3.8, 4) is 0 Å². The van der Waals surface area contributed by atoms with Crippen molar-refractivity contribution in [3.63, 3.8) is 0 Å². The quantitative estimate of drug-likeness (QED) is 0.805. The molecule has 2 aromatic rings. The van der Waals surface area contributed by atoms with Crippen LogP contribution in [0.25, 0.3) is 0 Å². The first-order chi connectivity index (χ1) is 11.5. The van der Waals surface area contributed by atoms with Gasteiger partial charge in [-0.3, -0.25) is 14.9 Å². The lowest BCUT2D eigenvalue weighted by atomic mass is 10.1. The summed E-state index contributed by atoms with van der Waals surface area (Å²) in [6, 6.07) is 7.10. The first-order valence-corrected chi connectivity index (χ1v) is 8.83. The zero-order valence-electron chi connectivity index (χ0n) is 14.1. The number of amides is 2. The number of aromatic nitrogens is 2. The number of benzene rings is 1. The van der Waals surface area contributed by atoms with Crippen LogP contribution in [-0.2, 0) is 11.3 Å². The average molecular weight is 346 g/mol. The Morgan fingerprint density at radius 2 is 1.79 bits per heavy atom. The third-order valence-corrected chi connectivity index (χ3v) is 4.75. The molecule has 0 aliphatic carbocycles. The van der Waals surface area contributed by atoms with Gasteiger partial charge in [-0.15, -0.1) is 10.2 Å². The van der Waals surface area contributed by atoms with Gasteiger partial charge in [-0.1, -0.05) is 37.3 Å². The predicted octanol–water partition coefficient (Wildman–Crippen LogP) is 3.33. The maximum Gasteiger partial charge on any atom is 0.257 e. The molecule has 0 unspecified atom stereocenters. The summed E-state index contributed by atoms with van der Waals surface area (Å²) >= 11 is 1.43. The Bertz CT molecular complexity index is 693. The van der Waals surface area contributed by atoms with E-state index in [0.29, 0.717) is 23.2 Å². The van der Waals surface area contributed by atoms with E-state index in [1.165, 1.54) is 18.3 Å². The summed E-state index contributed by atoms with van der Waals surface area (Å²) in [6.07, 6.45) is 2.02. The molecule has 0 saturated carbocycles. The van der Waals surface area contributed by atoms with E-state index in [1.807, 2.05) is 12.1 Å². The summed E-state index contributed by atoms with van der Waals surface area (Å²) in [4.78, 5) is 23.2. The van der Waals surface area contributed by atoms with Gasteiger partial charge >= 0.3 is 0 Å². The van der Waals surface area contributed by atoms with E-state index in [2.05, 4.69) is 34.7 Å². The summed E-state index contributed by atoms with van der Waals surface area (Å²) in [5, 5.41) is 15.2. The lowest BCUT2D eigenvalue weighted by Crippen LogP contribution is -2.19. The van der Waals surface area contributed by atoms with Crippen LogP contribution in [0, 0.1) is 0 Å². The predicted molar refractivity (Wildman–Crippen MR) is 95.1 cm³/mol. The van der Waals surface area contributed by atoms with Crippen LogP contribution in [0.1, 0.15) is 60.5 Å². The number of hydrogen-bond acceptors (Lipinski definition) is 5. The first kappa shape index (κ1) is 18.1. The molecule has 1 heterocycles. The minimum atomic E-state index is -0.215. The molecular weight excluding hydrogens is 324 g/mol. The number of nitrogens with zero attached hydrogens (tertiary/aromatic N) is 2. The van der Waals surface area contributed by atoms with Crippen molar-refractivity contribution in [1.82, 2.24) is 15.5 Å². The Kier molecular flexibility index (Phi) is 6.43. The molecule has 6 nitrogen and oxygen atoms in total. The number of anilines is 1. The standard InChI is InChI=1S/C17H22N4O2S/c1-4-13(5-2)16-20-21-17(24-16)19-15(23)14-8-6-12(7-9-14)10-18-11(3)22/h6-9,13H,4-5,10H2,1-3H3,(H,18,22)(H,19,21,23). The molecule has 0 saturated heterocycles. The lowest BCUT2D eigenvalue weighted by Gasteiger charge is -2.06. The van der Waals surface area contributed by atoms with Crippen molar-refractivity contribution in [2.45, 2.75) is 46.1 Å². The van der Waals surface area contributed by atoms with Gasteiger partial charge in [0.25, 0.3) is 5.91 Å². The second kappa shape index (κ2) is 8.54. The molecule has 128 valence electrons. The van der Waals surface area contributed by atoms with Gasteiger partial charge in [-0.2, -0.15) is 0 Å². The van der Waals surface area contributed by atoms with Gasteiger partial charge in [0.1, 0.15) is 5.01 Å². The highest BCUT2D eigenvalue weighted by Crippen LogP contribution is 2.28. The van der Waals surface area contributed by atoms with Crippen molar-refractivity contribution in [1.29, 1.82) is 0 Å². The maximum absolute atomic E-state index is 12.3. The van der Waals surface area contributed by atoms with Crippen LogP contribution in [0.5, 0.6) is 0 Å². The molecule has 0 fully saturated rings. The van der Waals surface area contributed by atoms with Crippen LogP contribution in [0.15, 0.2) is 24.3 Å². The molecule has 1 aromatic carbocycles. The van der Waals surface area contributed by atoms with Crippen LogP contribution in [-0.4, -0.2) is 22.0 Å². The molecule has 7 heteroatoms. The number of hydrogen-bond donors (Lipinski definition) is 2. The smallest absolute Gasteiger partial charge is 0.257 e. The molecule has 0 aliphatic heterocycles. The first-order valence-electron chi connectivity index (χ1n) is 8.01. The Balaban J connectivity index is 1.98. The van der Waals surface area contributed by atoms with Crippen LogP contribution >= 0.6 is 11.3 Å². The average Bonchev–Trinajstić information content (AvgIpc) is 3.03. The van der Waals surface area contributed by atoms with Gasteiger partial charge in [0.05, 0.1) is 0 Å². The third-order valence-electron chi connectivity index (χ3n) is 3.75. The molecule has 0 radical (unpaired) electrons. The summed E-state index contributed by atoms with van der Waals surface area (Å²) < 4.78 is 0. The van der Waals surface area contributed by atoms with Crippen molar-refractivity contribution >= 4 is 28.3 Å². The van der Waals surface area contributed by atoms with Crippen LogP contribution in [0.4, 0.5) is 5.13 Å². The zero-order chi connectivity index (χ0) is 17.5. The topological polar surface area (TPSA) is 84.0 Å². The zero-order valence-corrected chi connectivity index (χ0v) is 14.9. The second-order valence-electron chi connectivity index (χ2n) is 5.52. The normalized spacial score (nSPS) is 10.7. The Morgan fingerprint density at radius 3 is 2.38 bits per heavy atom. The third kappa shape index (κ3) is 4.86. The van der Waals surface area contributed by atoms with E-state index in [9.17, 15) is 9.59 Å². The highest BCUT2D eigenvalue weighted by molar-refractivity contribution is 7.15. The molecule has 1 aromatic heterocycles. The number of carbonyl (C=O) groups is 2. The minimum Gasteiger partial charge on any atom is -0.352 e. The summed E-state index contributed by atoms with van der Waals surface area (Å²) in [6.45, 7) is 6.17. The van der Waals surface area contributed by atoms with E-state index in [1.54, 1.807) is 12.1 Å². The monoisotopic (exact) mass is 346 g/mol. The molecule has 0 atom stereocenters. The highest BCUT2D eigenvalue weighted by Gasteiger charge is 2.15. The fourth-order valence-corrected chi connectivity index (χ4v) is 3.26. The van der Waals surface area contributed by atoms with E-state index >= 15 is 0 Å². The van der Waals surface area contributed by atoms with Crippen LogP contribution in [0.3, 0.4) is 0 Å². The Hall–Kier alpha value is -2.28. The number of carbonyl (C=O) groups excluding carboxylic acids is 2. The van der Waals surface area contributed by atoms with Crippen molar-refractivity contribution in [2.24, 2.45) is 0 Å². The molecule has 0 spiro atoms. The van der Waals surface area contributed by atoms with Gasteiger partial charge < -0.3 is 5.32 Å². The molecule has 2 N–H and O–H groups in total. The van der Waals surface area contributed by atoms with Crippen molar-refractivity contribution < 1.29 is 9.59 Å². The van der Waals surface area contributed by atoms with Gasteiger partial charge in [0.15, 0.2) is 0 Å². The van der Waals surface area contributed by atoms with E-state index in [4.69, 9.17) is 0 Å². The van der Waals surface area contributed by atoms with Crippen molar-refractivity contribution in [2.75, 3.05) is 5.32 Å². The number of nitrogens with one attached hydrogen (secondary N) is 2. The van der Waals surface area contributed by atoms with Gasteiger partial charge in [0, 0.05) is 24.9 Å². The van der Waals surface area contributed by atoms with Crippen LogP contribution in [0.2, 0.25) is 0 Å². The highest BCUT2D eigenvalue weighted by atomic mass is 32.1. The molecule has 0 aliphatic rings. The summed E-state index contributed by atoms with van der Waals surface area (Å²) in [7, 11) is 0. The molecule has 2 amide bonds. The SMILES string of the molecule is CCC(CC)c1nnc(NC(=O)c2ccc(CNC(C)=O)cc2)s1.